The minimum absolute atomic E-state index is 0.0117. The fourth-order valence-electron chi connectivity index (χ4n) is 4.43. The maximum absolute atomic E-state index is 14.2. The van der Waals surface area contributed by atoms with E-state index in [1.165, 1.54) is 18.2 Å². The summed E-state index contributed by atoms with van der Waals surface area (Å²) in [6, 6.07) is 6.06. The van der Waals surface area contributed by atoms with Crippen LogP contribution in [0.2, 0.25) is 5.02 Å². The van der Waals surface area contributed by atoms with Crippen molar-refractivity contribution in [2.75, 3.05) is 0 Å². The summed E-state index contributed by atoms with van der Waals surface area (Å²) >= 11 is 5.82. The summed E-state index contributed by atoms with van der Waals surface area (Å²) in [6.45, 7) is 6.33. The lowest BCUT2D eigenvalue weighted by atomic mass is 9.88. The Morgan fingerprint density at radius 1 is 1.19 bits per heavy atom. The van der Waals surface area contributed by atoms with Gasteiger partial charge in [0.15, 0.2) is 0 Å². The first-order valence-electron chi connectivity index (χ1n) is 12.1. The molecule has 1 aliphatic carbocycles. The summed E-state index contributed by atoms with van der Waals surface area (Å²) in [6.07, 6.45) is 2.57. The van der Waals surface area contributed by atoms with Crippen LogP contribution in [0.4, 0.5) is 4.39 Å². The molecule has 0 aliphatic heterocycles. The highest BCUT2D eigenvalue weighted by molar-refractivity contribution is 6.30. The molecule has 2 aromatic heterocycles. The van der Waals surface area contributed by atoms with E-state index < -0.39 is 17.7 Å². The van der Waals surface area contributed by atoms with Crippen LogP contribution in [-0.2, 0) is 22.4 Å². The smallest absolute Gasteiger partial charge is 0.303 e. The first-order chi connectivity index (χ1) is 17.0. The standard InChI is InChI=1S/C27H30ClFN2O5/c1-27(2,3)14-20-13-22(30-35-20)25-24(15-4-5-15)26(36-31-25)17(7-9-23(33)34)11-19(32)10-16-6-8-18(28)12-21(16)29/h6,8,12-13,15,17H,4-5,7,9-11,14H2,1-3H3,(H,33,34)/t17-/m0/s1. The largest absolute Gasteiger partial charge is 0.481 e. The van der Waals surface area contributed by atoms with Crippen molar-refractivity contribution >= 4 is 23.4 Å². The normalized spacial score (nSPS) is 14.7. The maximum Gasteiger partial charge on any atom is 0.303 e. The van der Waals surface area contributed by atoms with Crippen molar-refractivity contribution < 1.29 is 28.1 Å². The summed E-state index contributed by atoms with van der Waals surface area (Å²) in [5.74, 6) is -0.768. The van der Waals surface area contributed by atoms with Crippen LogP contribution in [0.5, 0.6) is 0 Å². The van der Waals surface area contributed by atoms with Crippen LogP contribution in [-0.4, -0.2) is 27.2 Å². The van der Waals surface area contributed by atoms with Gasteiger partial charge in [-0.3, -0.25) is 9.59 Å². The minimum atomic E-state index is -0.966. The van der Waals surface area contributed by atoms with Gasteiger partial charge >= 0.3 is 5.97 Å². The number of aromatic nitrogens is 2. The van der Waals surface area contributed by atoms with E-state index in [1.807, 2.05) is 6.07 Å². The van der Waals surface area contributed by atoms with Gasteiger partial charge in [-0.2, -0.15) is 0 Å². The predicted octanol–water partition coefficient (Wildman–Crippen LogP) is 6.74. The molecule has 0 bridgehead atoms. The zero-order valence-corrected chi connectivity index (χ0v) is 21.4. The number of carbonyl (C=O) groups excluding carboxylic acids is 1. The summed E-state index contributed by atoms with van der Waals surface area (Å²) < 4.78 is 25.6. The number of aliphatic carboxylic acids is 1. The highest BCUT2D eigenvalue weighted by Crippen LogP contribution is 2.48. The number of Topliss-reactive ketones (excluding diaryl/α,β-unsaturated/α-hetero) is 1. The quantitative estimate of drug-likeness (QED) is 0.301. The van der Waals surface area contributed by atoms with Gasteiger partial charge in [0.1, 0.15) is 34.5 Å². The zero-order valence-electron chi connectivity index (χ0n) is 20.6. The van der Waals surface area contributed by atoms with E-state index in [-0.39, 0.29) is 53.4 Å². The number of carboxylic acids is 1. The Labute approximate surface area is 214 Å². The van der Waals surface area contributed by atoms with E-state index in [4.69, 9.17) is 20.6 Å². The molecule has 2 heterocycles. The first kappa shape index (κ1) is 26.1. The molecule has 3 aromatic rings. The van der Waals surface area contributed by atoms with E-state index in [0.29, 0.717) is 23.6 Å². The van der Waals surface area contributed by atoms with Crippen molar-refractivity contribution in [3.05, 3.63) is 57.8 Å². The number of ketones is 1. The Morgan fingerprint density at radius 2 is 1.94 bits per heavy atom. The molecule has 36 heavy (non-hydrogen) atoms. The Hall–Kier alpha value is -3.00. The number of carboxylic acid groups (broad SMARTS) is 1. The molecule has 1 aliphatic rings. The van der Waals surface area contributed by atoms with Gasteiger partial charge in [-0.1, -0.05) is 48.8 Å². The molecule has 0 saturated heterocycles. The topological polar surface area (TPSA) is 106 Å². The zero-order chi connectivity index (χ0) is 26.0. The second-order valence-corrected chi connectivity index (χ2v) is 11.2. The van der Waals surface area contributed by atoms with Crippen LogP contribution in [0.1, 0.15) is 87.4 Å². The summed E-state index contributed by atoms with van der Waals surface area (Å²) in [4.78, 5) is 24.3. The number of nitrogens with zero attached hydrogens (tertiary/aromatic N) is 2. The Balaban J connectivity index is 1.60. The molecule has 1 saturated carbocycles. The van der Waals surface area contributed by atoms with Crippen LogP contribution in [0, 0.1) is 11.2 Å². The van der Waals surface area contributed by atoms with Crippen molar-refractivity contribution in [1.29, 1.82) is 0 Å². The van der Waals surface area contributed by atoms with E-state index in [1.54, 1.807) is 0 Å². The lowest BCUT2D eigenvalue weighted by Crippen LogP contribution is -2.13. The molecule has 1 N–H and O–H groups in total. The first-order valence-corrected chi connectivity index (χ1v) is 12.5. The average molecular weight is 517 g/mol. The fraction of sp³-hybridized carbons (Fsp3) is 0.481. The fourth-order valence-corrected chi connectivity index (χ4v) is 4.59. The number of halogens is 2. The molecule has 192 valence electrons. The van der Waals surface area contributed by atoms with Gasteiger partial charge in [0.05, 0.1) is 0 Å². The SMILES string of the molecule is CC(C)(C)Cc1cc(-c2noc([C@@H](CCC(=O)O)CC(=O)Cc3ccc(Cl)cc3F)c2C2CC2)no1. The van der Waals surface area contributed by atoms with Gasteiger partial charge in [0, 0.05) is 48.3 Å². The highest BCUT2D eigenvalue weighted by atomic mass is 35.5. The monoisotopic (exact) mass is 516 g/mol. The molecule has 0 unspecified atom stereocenters. The minimum Gasteiger partial charge on any atom is -0.481 e. The second-order valence-electron chi connectivity index (χ2n) is 10.8. The molecular formula is C27H30ClFN2O5. The summed E-state index contributed by atoms with van der Waals surface area (Å²) in [7, 11) is 0. The van der Waals surface area contributed by atoms with Gasteiger partial charge in [-0.25, -0.2) is 4.39 Å². The number of carbonyl (C=O) groups is 2. The Kier molecular flexibility index (Phi) is 7.64. The molecule has 4 rings (SSSR count). The molecule has 1 fully saturated rings. The predicted molar refractivity (Wildman–Crippen MR) is 131 cm³/mol. The third-order valence-corrected chi connectivity index (χ3v) is 6.44. The van der Waals surface area contributed by atoms with Crippen molar-refractivity contribution in [2.45, 2.75) is 77.6 Å². The lowest BCUT2D eigenvalue weighted by Gasteiger charge is -2.15. The highest BCUT2D eigenvalue weighted by Gasteiger charge is 2.37. The molecule has 7 nitrogen and oxygen atoms in total. The third-order valence-electron chi connectivity index (χ3n) is 6.20. The van der Waals surface area contributed by atoms with Crippen molar-refractivity contribution in [1.82, 2.24) is 10.3 Å². The number of benzene rings is 1. The summed E-state index contributed by atoms with van der Waals surface area (Å²) in [5, 5.41) is 18.0. The molecule has 0 spiro atoms. The van der Waals surface area contributed by atoms with E-state index in [2.05, 4.69) is 31.1 Å². The van der Waals surface area contributed by atoms with Crippen LogP contribution < -0.4 is 0 Å². The summed E-state index contributed by atoms with van der Waals surface area (Å²) in [5.41, 5.74) is 2.28. The van der Waals surface area contributed by atoms with Crippen LogP contribution in [0.25, 0.3) is 11.4 Å². The van der Waals surface area contributed by atoms with Crippen LogP contribution in [0.15, 0.2) is 33.3 Å². The number of hydrogen-bond donors (Lipinski definition) is 1. The molecule has 1 aromatic carbocycles. The van der Waals surface area contributed by atoms with Gasteiger partial charge in [0.25, 0.3) is 0 Å². The van der Waals surface area contributed by atoms with Crippen molar-refractivity contribution in [2.24, 2.45) is 5.41 Å². The lowest BCUT2D eigenvalue weighted by molar-refractivity contribution is -0.137. The van der Waals surface area contributed by atoms with E-state index in [0.717, 1.165) is 24.2 Å². The number of rotatable bonds is 11. The molecule has 0 radical (unpaired) electrons. The molecule has 0 amide bonds. The second kappa shape index (κ2) is 10.5. The van der Waals surface area contributed by atoms with E-state index in [9.17, 15) is 19.1 Å². The Morgan fingerprint density at radius 3 is 2.58 bits per heavy atom. The molecule has 1 atom stereocenters. The van der Waals surface area contributed by atoms with Crippen LogP contribution in [0.3, 0.4) is 0 Å². The van der Waals surface area contributed by atoms with Gasteiger partial charge < -0.3 is 14.2 Å². The average Bonchev–Trinajstić information content (AvgIpc) is 3.35. The van der Waals surface area contributed by atoms with Gasteiger partial charge in [0.2, 0.25) is 0 Å². The van der Waals surface area contributed by atoms with Crippen molar-refractivity contribution in [3.8, 4) is 11.4 Å². The Bertz CT molecular complexity index is 1260. The van der Waals surface area contributed by atoms with Gasteiger partial charge in [-0.05, 0) is 48.3 Å². The van der Waals surface area contributed by atoms with Gasteiger partial charge in [-0.15, -0.1) is 0 Å². The maximum atomic E-state index is 14.2. The van der Waals surface area contributed by atoms with Crippen molar-refractivity contribution in [3.63, 3.8) is 0 Å². The van der Waals surface area contributed by atoms with Crippen LogP contribution >= 0.6 is 11.6 Å². The molecular weight excluding hydrogens is 487 g/mol. The van der Waals surface area contributed by atoms with E-state index >= 15 is 0 Å². The number of hydrogen-bond acceptors (Lipinski definition) is 6. The third kappa shape index (κ3) is 6.60. The molecule has 9 heteroatoms.